The van der Waals surface area contributed by atoms with Gasteiger partial charge in [0.15, 0.2) is 5.79 Å². The Balaban J connectivity index is 0.00000225. The largest absolute Gasteiger partial charge is 0.496 e. The topological polar surface area (TPSA) is 92.0 Å². The Morgan fingerprint density at radius 2 is 1.50 bits per heavy atom. The van der Waals surface area contributed by atoms with E-state index in [2.05, 4.69) is 4.98 Å². The van der Waals surface area contributed by atoms with Gasteiger partial charge in [-0.3, -0.25) is 4.98 Å². The Morgan fingerprint density at radius 1 is 0.958 bits per heavy atom. The van der Waals surface area contributed by atoms with Crippen LogP contribution in [0.3, 0.4) is 0 Å². The van der Waals surface area contributed by atoms with Crippen molar-refractivity contribution in [1.82, 2.24) is 4.98 Å². The van der Waals surface area contributed by atoms with E-state index in [9.17, 15) is 15.3 Å². The molecule has 6 nitrogen and oxygen atoms in total. The number of nitrogens with zero attached hydrogens (tertiary/aromatic N) is 1. The molecule has 2 fully saturated rings. The van der Waals surface area contributed by atoms with Crippen LogP contribution in [0.5, 0.6) is 0 Å². The maximum atomic E-state index is 10.7. The highest BCUT2D eigenvalue weighted by atomic mass is 16.7. The average molecular weight is 337 g/mol. The highest BCUT2D eigenvalue weighted by molar-refractivity contribution is 6.62. The SMILES string of the molecule is CC1(C)OB(c2ccc(C3(O)CCC(O)(O)CC3)nc2)OC1(C)C.[HH]. The number of pyridine rings is 1. The van der Waals surface area contributed by atoms with E-state index in [1.54, 1.807) is 12.3 Å². The summed E-state index contributed by atoms with van der Waals surface area (Å²) in [4.78, 5) is 4.39. The average Bonchev–Trinajstić information content (AvgIpc) is 2.71. The van der Waals surface area contributed by atoms with Gasteiger partial charge in [0.2, 0.25) is 0 Å². The molecule has 1 aromatic heterocycles. The van der Waals surface area contributed by atoms with Crippen molar-refractivity contribution in [3.63, 3.8) is 0 Å². The highest BCUT2D eigenvalue weighted by Crippen LogP contribution is 2.40. The van der Waals surface area contributed by atoms with Crippen LogP contribution >= 0.6 is 0 Å². The molecule has 0 bridgehead atoms. The monoisotopic (exact) mass is 337 g/mol. The molecule has 2 heterocycles. The minimum absolute atomic E-state index is 0. The molecule has 0 spiro atoms. The summed E-state index contributed by atoms with van der Waals surface area (Å²) >= 11 is 0. The van der Waals surface area contributed by atoms with Crippen LogP contribution in [0.1, 0.15) is 60.5 Å². The molecule has 7 heteroatoms. The third-order valence-electron chi connectivity index (χ3n) is 5.67. The lowest BCUT2D eigenvalue weighted by molar-refractivity contribution is -0.208. The summed E-state index contributed by atoms with van der Waals surface area (Å²) < 4.78 is 12.0. The third-order valence-corrected chi connectivity index (χ3v) is 5.67. The second-order valence-corrected chi connectivity index (χ2v) is 8.08. The fraction of sp³-hybridized carbons (Fsp3) is 0.706. The molecule has 2 aliphatic rings. The molecule has 1 aliphatic heterocycles. The van der Waals surface area contributed by atoms with E-state index >= 15 is 0 Å². The Labute approximate surface area is 144 Å². The van der Waals surface area contributed by atoms with E-state index in [1.165, 1.54) is 0 Å². The first kappa shape index (κ1) is 17.8. The van der Waals surface area contributed by atoms with Gasteiger partial charge < -0.3 is 24.6 Å². The molecule has 24 heavy (non-hydrogen) atoms. The molecular formula is C17H28BNO5. The predicted molar refractivity (Wildman–Crippen MR) is 91.6 cm³/mol. The van der Waals surface area contributed by atoms with Crippen LogP contribution < -0.4 is 5.46 Å². The highest BCUT2D eigenvalue weighted by Gasteiger charge is 2.52. The lowest BCUT2D eigenvalue weighted by atomic mass is 9.77. The molecule has 0 radical (unpaired) electrons. The molecule has 0 atom stereocenters. The Morgan fingerprint density at radius 3 is 1.96 bits per heavy atom. The van der Waals surface area contributed by atoms with Crippen molar-refractivity contribution in [2.75, 3.05) is 0 Å². The fourth-order valence-electron chi connectivity index (χ4n) is 3.12. The molecule has 134 valence electrons. The maximum absolute atomic E-state index is 10.7. The quantitative estimate of drug-likeness (QED) is 0.552. The van der Waals surface area contributed by atoms with Gasteiger partial charge in [-0.2, -0.15) is 0 Å². The number of aliphatic hydroxyl groups is 3. The van der Waals surface area contributed by atoms with Gasteiger partial charge in [0.25, 0.3) is 0 Å². The minimum atomic E-state index is -1.69. The van der Waals surface area contributed by atoms with Crippen LogP contribution in [-0.4, -0.2) is 44.4 Å². The second-order valence-electron chi connectivity index (χ2n) is 8.08. The molecule has 3 rings (SSSR count). The first-order valence-corrected chi connectivity index (χ1v) is 8.43. The van der Waals surface area contributed by atoms with Crippen molar-refractivity contribution < 1.29 is 26.1 Å². The lowest BCUT2D eigenvalue weighted by Crippen LogP contribution is -2.42. The summed E-state index contributed by atoms with van der Waals surface area (Å²) in [6, 6.07) is 3.62. The summed E-state index contributed by atoms with van der Waals surface area (Å²) in [6.07, 6.45) is 2.45. The van der Waals surface area contributed by atoms with Gasteiger partial charge in [0.05, 0.1) is 16.9 Å². The zero-order chi connectivity index (χ0) is 17.8. The number of rotatable bonds is 2. The first-order chi connectivity index (χ1) is 10.9. The van der Waals surface area contributed by atoms with Crippen molar-refractivity contribution in [2.24, 2.45) is 0 Å². The van der Waals surface area contributed by atoms with Crippen molar-refractivity contribution in [3.05, 3.63) is 24.0 Å². The normalized spacial score (nSPS) is 27.2. The van der Waals surface area contributed by atoms with Gasteiger partial charge >= 0.3 is 7.12 Å². The second kappa shape index (κ2) is 5.51. The van der Waals surface area contributed by atoms with Crippen molar-refractivity contribution in [3.8, 4) is 0 Å². The third kappa shape index (κ3) is 3.11. The maximum Gasteiger partial charge on any atom is 0.496 e. The summed E-state index contributed by atoms with van der Waals surface area (Å²) in [7, 11) is -0.486. The van der Waals surface area contributed by atoms with E-state index in [-0.39, 0.29) is 27.1 Å². The van der Waals surface area contributed by atoms with Gasteiger partial charge in [-0.15, -0.1) is 0 Å². The molecule has 0 amide bonds. The zero-order valence-corrected chi connectivity index (χ0v) is 14.7. The Kier molecular flexibility index (Phi) is 4.09. The Bertz CT molecular complexity index is 594. The Hall–Kier alpha value is -0.985. The molecule has 1 saturated carbocycles. The zero-order valence-electron chi connectivity index (χ0n) is 14.7. The van der Waals surface area contributed by atoms with Gasteiger partial charge in [-0.1, -0.05) is 6.07 Å². The van der Waals surface area contributed by atoms with E-state index < -0.39 is 29.7 Å². The molecule has 1 saturated heterocycles. The van der Waals surface area contributed by atoms with Crippen LogP contribution in [0.2, 0.25) is 0 Å². The van der Waals surface area contributed by atoms with Gasteiger partial charge in [-0.25, -0.2) is 0 Å². The van der Waals surface area contributed by atoms with E-state index in [0.29, 0.717) is 5.69 Å². The lowest BCUT2D eigenvalue weighted by Gasteiger charge is -2.37. The van der Waals surface area contributed by atoms with Crippen LogP contribution in [0.15, 0.2) is 18.3 Å². The smallest absolute Gasteiger partial charge is 0.399 e. The van der Waals surface area contributed by atoms with Gasteiger partial charge in [0.1, 0.15) is 5.60 Å². The molecule has 0 aromatic carbocycles. The van der Waals surface area contributed by atoms with Crippen molar-refractivity contribution in [1.29, 1.82) is 0 Å². The molecule has 1 aromatic rings. The van der Waals surface area contributed by atoms with Crippen LogP contribution in [0.4, 0.5) is 0 Å². The van der Waals surface area contributed by atoms with E-state index in [4.69, 9.17) is 9.31 Å². The fourth-order valence-corrected chi connectivity index (χ4v) is 3.12. The first-order valence-electron chi connectivity index (χ1n) is 8.43. The van der Waals surface area contributed by atoms with Crippen LogP contribution in [-0.2, 0) is 14.9 Å². The van der Waals surface area contributed by atoms with Crippen LogP contribution in [0.25, 0.3) is 0 Å². The summed E-state index contributed by atoms with van der Waals surface area (Å²) in [5.74, 6) is -1.69. The number of aromatic nitrogens is 1. The predicted octanol–water partition coefficient (Wildman–Crippen LogP) is 1.07. The number of hydrogen-bond donors (Lipinski definition) is 3. The summed E-state index contributed by atoms with van der Waals surface area (Å²) in [6.45, 7) is 7.98. The molecule has 1 aliphatic carbocycles. The van der Waals surface area contributed by atoms with Crippen molar-refractivity contribution >= 4 is 12.6 Å². The number of hydrogen-bond acceptors (Lipinski definition) is 6. The molecule has 0 unspecified atom stereocenters. The van der Waals surface area contributed by atoms with E-state index in [1.807, 2.05) is 33.8 Å². The van der Waals surface area contributed by atoms with Gasteiger partial charge in [-0.05, 0) is 46.6 Å². The minimum Gasteiger partial charge on any atom is -0.399 e. The van der Waals surface area contributed by atoms with Crippen LogP contribution in [0, 0.1) is 0 Å². The summed E-state index contributed by atoms with van der Waals surface area (Å²) in [5.41, 5.74) is -0.607. The standard InChI is InChI=1S/C17H26BNO5.H2/c1-14(2)15(3,4)24-18(23-14)12-5-6-13(19-11-12)16(20)7-9-17(21,22)10-8-16;/h5-6,11,20-22H,7-10H2,1-4H3;1H. The van der Waals surface area contributed by atoms with E-state index in [0.717, 1.165) is 5.46 Å². The molecular weight excluding hydrogens is 309 g/mol. The van der Waals surface area contributed by atoms with Gasteiger partial charge in [0, 0.05) is 25.9 Å². The van der Waals surface area contributed by atoms with Crippen molar-refractivity contribution in [2.45, 2.75) is 76.0 Å². The summed E-state index contributed by atoms with van der Waals surface area (Å²) in [5, 5.41) is 30.0. The molecule has 3 N–H and O–H groups in total.